The maximum Gasteiger partial charge on any atom is 0.138 e. The Bertz CT molecular complexity index is 884. The zero-order chi connectivity index (χ0) is 17.7. The smallest absolute Gasteiger partial charge is 0.138 e. The molecule has 0 spiro atoms. The summed E-state index contributed by atoms with van der Waals surface area (Å²) in [5, 5.41) is 0. The van der Waals surface area contributed by atoms with Crippen LogP contribution >= 0.6 is 15.9 Å². The lowest BCUT2D eigenvalue weighted by Gasteiger charge is -2.35. The van der Waals surface area contributed by atoms with Crippen LogP contribution in [0, 0.1) is 0 Å². The number of nitrogens with zero attached hydrogens (tertiary/aromatic N) is 4. The minimum absolute atomic E-state index is 1.03. The van der Waals surface area contributed by atoms with Gasteiger partial charge in [-0.2, -0.15) is 0 Å². The normalized spacial score (nSPS) is 19.5. The number of anilines is 2. The monoisotopic (exact) mass is 410 g/mol. The Balaban J connectivity index is 1.72. The van der Waals surface area contributed by atoms with E-state index in [0.29, 0.717) is 0 Å². The number of aliphatic imine (C=N–C) groups is 1. The summed E-state index contributed by atoms with van der Waals surface area (Å²) in [5.41, 5.74) is 6.36. The first-order valence-corrected chi connectivity index (χ1v) is 10.2. The van der Waals surface area contributed by atoms with Crippen LogP contribution < -0.4 is 4.90 Å². The number of aryl methyl sites for hydroxylation is 1. The number of hydrogen-bond donors (Lipinski definition) is 0. The highest BCUT2D eigenvalue weighted by molar-refractivity contribution is 9.10. The van der Waals surface area contributed by atoms with E-state index < -0.39 is 0 Å². The van der Waals surface area contributed by atoms with Gasteiger partial charge in [-0.1, -0.05) is 28.1 Å². The van der Waals surface area contributed by atoms with Crippen LogP contribution in [0.25, 0.3) is 0 Å². The first-order chi connectivity index (χ1) is 12.7. The maximum atomic E-state index is 5.24. The number of piperazine rings is 1. The fraction of sp³-hybridized carbons (Fsp3) is 0.381. The number of para-hydroxylation sites is 1. The molecule has 26 heavy (non-hydrogen) atoms. The van der Waals surface area contributed by atoms with Crippen molar-refractivity contribution in [3.63, 3.8) is 0 Å². The van der Waals surface area contributed by atoms with Crippen molar-refractivity contribution < 1.29 is 0 Å². The van der Waals surface area contributed by atoms with Crippen molar-refractivity contribution >= 4 is 38.8 Å². The van der Waals surface area contributed by atoms with E-state index >= 15 is 0 Å². The topological polar surface area (TPSA) is 22.1 Å². The third-order valence-electron chi connectivity index (χ3n) is 5.70. The number of rotatable bonds is 0. The average Bonchev–Trinajstić information content (AvgIpc) is 2.79. The van der Waals surface area contributed by atoms with Crippen molar-refractivity contribution in [2.45, 2.75) is 12.8 Å². The number of benzene rings is 2. The molecule has 5 rings (SSSR count). The Morgan fingerprint density at radius 1 is 1.00 bits per heavy atom. The Labute approximate surface area is 163 Å². The molecule has 1 saturated heterocycles. The van der Waals surface area contributed by atoms with Gasteiger partial charge in [-0.3, -0.25) is 0 Å². The summed E-state index contributed by atoms with van der Waals surface area (Å²) in [6.45, 7) is 5.28. The molecule has 3 aliphatic rings. The second-order valence-electron chi connectivity index (χ2n) is 7.43. The molecule has 2 aromatic carbocycles. The second kappa shape index (κ2) is 6.39. The van der Waals surface area contributed by atoms with Crippen LogP contribution in [0.2, 0.25) is 0 Å². The van der Waals surface area contributed by atoms with Gasteiger partial charge in [0.2, 0.25) is 0 Å². The van der Waals surface area contributed by atoms with Crippen molar-refractivity contribution in [2.24, 2.45) is 4.99 Å². The van der Waals surface area contributed by atoms with Gasteiger partial charge in [0.15, 0.2) is 0 Å². The Morgan fingerprint density at radius 3 is 2.65 bits per heavy atom. The van der Waals surface area contributed by atoms with Crippen molar-refractivity contribution in [1.29, 1.82) is 0 Å². The van der Waals surface area contributed by atoms with E-state index in [2.05, 4.69) is 74.1 Å². The number of amidine groups is 1. The molecule has 0 N–H and O–H groups in total. The lowest BCUT2D eigenvalue weighted by molar-refractivity contribution is 0.216. The molecule has 0 saturated carbocycles. The van der Waals surface area contributed by atoms with Gasteiger partial charge in [0.25, 0.3) is 0 Å². The fourth-order valence-corrected chi connectivity index (χ4v) is 4.83. The molecule has 3 aliphatic heterocycles. The first-order valence-electron chi connectivity index (χ1n) is 9.42. The van der Waals surface area contributed by atoms with Crippen LogP contribution in [0.5, 0.6) is 0 Å². The van der Waals surface area contributed by atoms with Crippen LogP contribution in [-0.2, 0) is 6.42 Å². The molecule has 2 aromatic rings. The fourth-order valence-electron chi connectivity index (χ4n) is 4.34. The van der Waals surface area contributed by atoms with Gasteiger partial charge in [-0.05, 0) is 49.7 Å². The minimum atomic E-state index is 1.03. The summed E-state index contributed by atoms with van der Waals surface area (Å²) in [6, 6.07) is 13.2. The quantitative estimate of drug-likeness (QED) is 0.650. The number of halogens is 1. The summed E-state index contributed by atoms with van der Waals surface area (Å²) in [7, 11) is 2.20. The first kappa shape index (κ1) is 16.3. The molecule has 0 bridgehead atoms. The largest absolute Gasteiger partial charge is 0.353 e. The third-order valence-corrected chi connectivity index (χ3v) is 6.15. The molecule has 4 nitrogen and oxygen atoms in total. The molecular formula is C21H23BrN4. The molecule has 0 aromatic heterocycles. The molecule has 0 unspecified atom stereocenters. The van der Waals surface area contributed by atoms with Gasteiger partial charge in [-0.25, -0.2) is 4.99 Å². The maximum absolute atomic E-state index is 5.24. The minimum Gasteiger partial charge on any atom is -0.353 e. The van der Waals surface area contributed by atoms with E-state index in [0.717, 1.165) is 55.1 Å². The number of hydrogen-bond acceptors (Lipinski definition) is 4. The van der Waals surface area contributed by atoms with Crippen LogP contribution in [0.3, 0.4) is 0 Å². The standard InChI is InChI=1S/C21H23BrN4/c1-24-9-11-25(12-10-24)21-17-6-2-3-7-19(17)26-8-4-5-15-13-16(22)14-18(23-21)20(15)26/h2-3,6-7,13-14H,4-5,8-12H2,1H3. The van der Waals surface area contributed by atoms with Crippen LogP contribution in [0.1, 0.15) is 17.5 Å². The third kappa shape index (κ3) is 2.65. The lowest BCUT2D eigenvalue weighted by atomic mass is 9.99. The molecule has 5 heteroatoms. The van der Waals surface area contributed by atoms with E-state index in [1.807, 2.05) is 0 Å². The highest BCUT2D eigenvalue weighted by Gasteiger charge is 2.30. The van der Waals surface area contributed by atoms with Crippen molar-refractivity contribution in [3.8, 4) is 0 Å². The zero-order valence-corrected chi connectivity index (χ0v) is 16.7. The summed E-state index contributed by atoms with van der Waals surface area (Å²) in [4.78, 5) is 12.6. The molecule has 134 valence electrons. The molecule has 0 aliphatic carbocycles. The molecule has 0 radical (unpaired) electrons. The molecular weight excluding hydrogens is 388 g/mol. The van der Waals surface area contributed by atoms with Gasteiger partial charge in [0, 0.05) is 42.8 Å². The van der Waals surface area contributed by atoms with Crippen molar-refractivity contribution in [3.05, 3.63) is 52.0 Å². The number of fused-ring (bicyclic) bond motifs is 2. The summed E-state index contributed by atoms with van der Waals surface area (Å²) < 4.78 is 1.13. The highest BCUT2D eigenvalue weighted by Crippen LogP contribution is 2.46. The Hall–Kier alpha value is -1.85. The number of likely N-dealkylation sites (N-methyl/N-ethyl adjacent to an activating group) is 1. The van der Waals surface area contributed by atoms with E-state index in [1.165, 1.54) is 28.9 Å². The summed E-state index contributed by atoms with van der Waals surface area (Å²) in [5.74, 6) is 1.13. The predicted molar refractivity (Wildman–Crippen MR) is 111 cm³/mol. The van der Waals surface area contributed by atoms with Crippen LogP contribution in [0.4, 0.5) is 17.1 Å². The predicted octanol–water partition coefficient (Wildman–Crippen LogP) is 4.17. The lowest BCUT2D eigenvalue weighted by Crippen LogP contribution is -2.47. The van der Waals surface area contributed by atoms with Gasteiger partial charge in [0.05, 0.1) is 17.1 Å². The zero-order valence-electron chi connectivity index (χ0n) is 15.1. The molecule has 3 heterocycles. The van der Waals surface area contributed by atoms with Crippen LogP contribution in [0.15, 0.2) is 45.9 Å². The van der Waals surface area contributed by atoms with E-state index in [9.17, 15) is 0 Å². The van der Waals surface area contributed by atoms with E-state index in [4.69, 9.17) is 4.99 Å². The van der Waals surface area contributed by atoms with Crippen molar-refractivity contribution in [1.82, 2.24) is 9.80 Å². The SMILES string of the molecule is CN1CCN(C2=Nc3cc(Br)cc4c3N(CCC4)c3ccccc32)CC1. The molecule has 0 amide bonds. The average molecular weight is 411 g/mol. The summed E-state index contributed by atoms with van der Waals surface area (Å²) in [6.07, 6.45) is 2.31. The van der Waals surface area contributed by atoms with Gasteiger partial charge in [-0.15, -0.1) is 0 Å². The molecule has 0 atom stereocenters. The highest BCUT2D eigenvalue weighted by atomic mass is 79.9. The van der Waals surface area contributed by atoms with Gasteiger partial charge in [0.1, 0.15) is 5.84 Å². The van der Waals surface area contributed by atoms with Crippen molar-refractivity contribution in [2.75, 3.05) is 44.7 Å². The van der Waals surface area contributed by atoms with Crippen LogP contribution in [-0.4, -0.2) is 55.4 Å². The Kier molecular flexibility index (Phi) is 4.02. The van der Waals surface area contributed by atoms with E-state index in [-0.39, 0.29) is 0 Å². The summed E-state index contributed by atoms with van der Waals surface area (Å²) >= 11 is 3.70. The van der Waals surface area contributed by atoms with E-state index in [1.54, 1.807) is 0 Å². The molecule has 1 fully saturated rings. The Morgan fingerprint density at radius 2 is 1.81 bits per heavy atom. The van der Waals surface area contributed by atoms with Gasteiger partial charge < -0.3 is 14.7 Å². The second-order valence-corrected chi connectivity index (χ2v) is 8.35. The van der Waals surface area contributed by atoms with Gasteiger partial charge >= 0.3 is 0 Å².